The zero-order valence-corrected chi connectivity index (χ0v) is 9.26. The molecule has 4 heteroatoms. The highest BCUT2D eigenvalue weighted by atomic mass is 31.1. The SMILES string of the molecule is CCO[P+](=O)CN1CCCCCC1. The lowest BCUT2D eigenvalue weighted by Crippen LogP contribution is -2.24. The van der Waals surface area contributed by atoms with Gasteiger partial charge in [-0.05, 0) is 24.3 Å². The molecule has 1 aliphatic rings. The fourth-order valence-electron chi connectivity index (χ4n) is 1.63. The average molecular weight is 204 g/mol. The van der Waals surface area contributed by atoms with Crippen molar-refractivity contribution in [1.82, 2.24) is 4.90 Å². The highest BCUT2D eigenvalue weighted by molar-refractivity contribution is 7.39. The summed E-state index contributed by atoms with van der Waals surface area (Å²) in [6.45, 7) is 4.63. The van der Waals surface area contributed by atoms with E-state index in [1.807, 2.05) is 6.92 Å². The van der Waals surface area contributed by atoms with Crippen LogP contribution in [0.2, 0.25) is 0 Å². The molecule has 0 radical (unpaired) electrons. The van der Waals surface area contributed by atoms with Gasteiger partial charge in [-0.2, -0.15) is 0 Å². The summed E-state index contributed by atoms with van der Waals surface area (Å²) in [7, 11) is -1.44. The first-order chi connectivity index (χ1) is 6.33. The summed E-state index contributed by atoms with van der Waals surface area (Å²) in [6.07, 6.45) is 5.76. The van der Waals surface area contributed by atoms with Gasteiger partial charge in [0.15, 0.2) is 0 Å². The van der Waals surface area contributed by atoms with E-state index in [9.17, 15) is 4.57 Å². The molecule has 3 nitrogen and oxygen atoms in total. The van der Waals surface area contributed by atoms with Crippen molar-refractivity contribution in [1.29, 1.82) is 0 Å². The maximum Gasteiger partial charge on any atom is 0.524 e. The summed E-state index contributed by atoms with van der Waals surface area (Å²) in [6, 6.07) is 0. The number of nitrogens with zero attached hydrogens (tertiary/aromatic N) is 1. The molecule has 0 N–H and O–H groups in total. The minimum absolute atomic E-state index is 0.559. The van der Waals surface area contributed by atoms with Crippen molar-refractivity contribution >= 4 is 8.03 Å². The van der Waals surface area contributed by atoms with Crippen LogP contribution < -0.4 is 0 Å². The Morgan fingerprint density at radius 3 is 2.38 bits per heavy atom. The molecular weight excluding hydrogens is 185 g/mol. The first-order valence-corrected chi connectivity index (χ1v) is 6.49. The van der Waals surface area contributed by atoms with Crippen LogP contribution in [0.5, 0.6) is 0 Å². The van der Waals surface area contributed by atoms with E-state index >= 15 is 0 Å². The predicted molar refractivity (Wildman–Crippen MR) is 54.1 cm³/mol. The summed E-state index contributed by atoms with van der Waals surface area (Å²) in [5, 5.41) is 0. The molecule has 1 aliphatic heterocycles. The Labute approximate surface area is 81.3 Å². The van der Waals surface area contributed by atoms with Crippen molar-refractivity contribution in [3.63, 3.8) is 0 Å². The molecule has 0 aliphatic carbocycles. The van der Waals surface area contributed by atoms with E-state index < -0.39 is 8.03 Å². The first kappa shape index (κ1) is 11.1. The molecule has 0 saturated carbocycles. The lowest BCUT2D eigenvalue weighted by Gasteiger charge is -2.12. The lowest BCUT2D eigenvalue weighted by molar-refractivity contribution is 0.293. The quantitative estimate of drug-likeness (QED) is 0.659. The van der Waals surface area contributed by atoms with Crippen LogP contribution in [0.25, 0.3) is 0 Å². The normalized spacial score (nSPS) is 21.2. The topological polar surface area (TPSA) is 29.5 Å². The van der Waals surface area contributed by atoms with Crippen molar-refractivity contribution < 1.29 is 9.09 Å². The standard InChI is InChI=1S/C9H19NO2P/c1-2-12-13(11)9-10-7-5-3-4-6-8-10/h2-9H2,1H3/q+1. The highest BCUT2D eigenvalue weighted by Gasteiger charge is 2.22. The Hall–Kier alpha value is 0.0200. The van der Waals surface area contributed by atoms with E-state index in [4.69, 9.17) is 4.52 Å². The Kier molecular flexibility index (Phi) is 5.52. The Bertz CT molecular complexity index is 156. The largest absolute Gasteiger partial charge is 0.524 e. The van der Waals surface area contributed by atoms with Gasteiger partial charge in [0, 0.05) is 13.1 Å². The van der Waals surface area contributed by atoms with E-state index in [2.05, 4.69) is 4.90 Å². The maximum atomic E-state index is 11.3. The van der Waals surface area contributed by atoms with Crippen molar-refractivity contribution in [2.75, 3.05) is 26.0 Å². The molecule has 76 valence electrons. The fraction of sp³-hybridized carbons (Fsp3) is 1.00. The van der Waals surface area contributed by atoms with Gasteiger partial charge >= 0.3 is 8.03 Å². The van der Waals surface area contributed by atoms with Crippen LogP contribution in [0.1, 0.15) is 32.6 Å². The molecule has 0 amide bonds. The smallest absolute Gasteiger partial charge is 0.260 e. The van der Waals surface area contributed by atoms with Crippen LogP contribution in [-0.4, -0.2) is 30.9 Å². The predicted octanol–water partition coefficient (Wildman–Crippen LogP) is 2.60. The molecule has 0 spiro atoms. The van der Waals surface area contributed by atoms with E-state index in [0.29, 0.717) is 12.9 Å². The molecule has 0 aromatic carbocycles. The molecule has 0 bridgehead atoms. The van der Waals surface area contributed by atoms with Gasteiger partial charge in [-0.3, -0.25) is 4.90 Å². The highest BCUT2D eigenvalue weighted by Crippen LogP contribution is 2.24. The number of likely N-dealkylation sites (tertiary alicyclic amines) is 1. The third-order valence-corrected chi connectivity index (χ3v) is 3.46. The summed E-state index contributed by atoms with van der Waals surface area (Å²) in [5.74, 6) is 0. The lowest BCUT2D eigenvalue weighted by atomic mass is 10.2. The van der Waals surface area contributed by atoms with Gasteiger partial charge in [0.25, 0.3) is 0 Å². The average Bonchev–Trinajstić information content (AvgIpc) is 2.33. The Morgan fingerprint density at radius 2 is 1.85 bits per heavy atom. The van der Waals surface area contributed by atoms with Gasteiger partial charge in [0.2, 0.25) is 6.29 Å². The second-order valence-electron chi connectivity index (χ2n) is 3.42. The minimum Gasteiger partial charge on any atom is -0.260 e. The van der Waals surface area contributed by atoms with Crippen molar-refractivity contribution in [2.24, 2.45) is 0 Å². The van der Waals surface area contributed by atoms with Gasteiger partial charge in [-0.15, -0.1) is 4.52 Å². The molecule has 1 unspecified atom stereocenters. The van der Waals surface area contributed by atoms with Crippen LogP contribution in [0.3, 0.4) is 0 Å². The molecule has 1 fully saturated rings. The molecule has 1 atom stereocenters. The van der Waals surface area contributed by atoms with Gasteiger partial charge in [0.05, 0.1) is 6.61 Å². The molecule has 0 aromatic rings. The summed E-state index contributed by atoms with van der Waals surface area (Å²) in [4.78, 5) is 2.27. The molecule has 1 saturated heterocycles. The fourth-order valence-corrected chi connectivity index (χ4v) is 2.60. The Morgan fingerprint density at radius 1 is 1.23 bits per heavy atom. The zero-order chi connectivity index (χ0) is 9.52. The molecular formula is C9H19NO2P+. The van der Waals surface area contributed by atoms with Crippen LogP contribution in [-0.2, 0) is 9.09 Å². The molecule has 13 heavy (non-hydrogen) atoms. The van der Waals surface area contributed by atoms with Gasteiger partial charge in [0.1, 0.15) is 0 Å². The van der Waals surface area contributed by atoms with Crippen LogP contribution in [0, 0.1) is 0 Å². The Balaban J connectivity index is 2.21. The van der Waals surface area contributed by atoms with Crippen molar-refractivity contribution in [3.05, 3.63) is 0 Å². The first-order valence-electron chi connectivity index (χ1n) is 5.13. The molecule has 0 aromatic heterocycles. The van der Waals surface area contributed by atoms with Gasteiger partial charge in [-0.25, -0.2) is 0 Å². The maximum absolute atomic E-state index is 11.3. The van der Waals surface area contributed by atoms with E-state index in [-0.39, 0.29) is 0 Å². The van der Waals surface area contributed by atoms with Crippen molar-refractivity contribution in [3.8, 4) is 0 Å². The van der Waals surface area contributed by atoms with E-state index in [0.717, 1.165) is 13.1 Å². The van der Waals surface area contributed by atoms with Crippen LogP contribution >= 0.6 is 8.03 Å². The molecule has 1 heterocycles. The van der Waals surface area contributed by atoms with E-state index in [1.54, 1.807) is 0 Å². The third kappa shape index (κ3) is 4.70. The summed E-state index contributed by atoms with van der Waals surface area (Å²) >= 11 is 0. The minimum atomic E-state index is -1.44. The summed E-state index contributed by atoms with van der Waals surface area (Å²) < 4.78 is 16.4. The second-order valence-corrected chi connectivity index (χ2v) is 4.63. The molecule has 1 rings (SSSR count). The number of rotatable bonds is 4. The van der Waals surface area contributed by atoms with E-state index in [1.165, 1.54) is 25.7 Å². The monoisotopic (exact) mass is 204 g/mol. The van der Waals surface area contributed by atoms with Gasteiger partial charge in [-0.1, -0.05) is 12.8 Å². The zero-order valence-electron chi connectivity index (χ0n) is 8.37. The third-order valence-electron chi connectivity index (χ3n) is 2.29. The van der Waals surface area contributed by atoms with Gasteiger partial charge < -0.3 is 0 Å². The van der Waals surface area contributed by atoms with Crippen LogP contribution in [0.4, 0.5) is 0 Å². The second kappa shape index (κ2) is 6.47. The van der Waals surface area contributed by atoms with Crippen molar-refractivity contribution in [2.45, 2.75) is 32.6 Å². The number of hydrogen-bond donors (Lipinski definition) is 0. The number of hydrogen-bond acceptors (Lipinski definition) is 3. The summed E-state index contributed by atoms with van der Waals surface area (Å²) in [5.41, 5.74) is 0. The van der Waals surface area contributed by atoms with Crippen LogP contribution in [0.15, 0.2) is 0 Å².